The number of benzene rings is 1. The van der Waals surface area contributed by atoms with Crippen molar-refractivity contribution in [1.29, 1.82) is 0 Å². The van der Waals surface area contributed by atoms with Gasteiger partial charge < -0.3 is 24.8 Å². The summed E-state index contributed by atoms with van der Waals surface area (Å²) in [6.45, 7) is 2.40. The molecule has 0 radical (unpaired) electrons. The molecule has 4 aliphatic rings. The van der Waals surface area contributed by atoms with E-state index in [0.717, 1.165) is 51.4 Å². The van der Waals surface area contributed by atoms with E-state index in [1.54, 1.807) is 24.3 Å². The quantitative estimate of drug-likeness (QED) is 0.501. The fourth-order valence-electron chi connectivity index (χ4n) is 7.48. The molecule has 0 spiro atoms. The summed E-state index contributed by atoms with van der Waals surface area (Å²) >= 11 is 0. The summed E-state index contributed by atoms with van der Waals surface area (Å²) in [5.74, 6) is -1.13. The van der Waals surface area contributed by atoms with Crippen molar-refractivity contribution in [3.63, 3.8) is 0 Å². The van der Waals surface area contributed by atoms with Crippen molar-refractivity contribution in [2.24, 2.45) is 17.8 Å². The van der Waals surface area contributed by atoms with Gasteiger partial charge >= 0.3 is 12.1 Å². The first kappa shape index (κ1) is 29.2. The number of rotatable bonds is 2. The Bertz CT molecular complexity index is 1470. The number of hydrogen-bond donors (Lipinski definition) is 2. The second kappa shape index (κ2) is 12.4. The number of amides is 2. The van der Waals surface area contributed by atoms with E-state index in [1.807, 2.05) is 12.2 Å². The number of alkyl carbamates (subject to hydrolysis) is 1. The Kier molecular flexibility index (Phi) is 8.41. The highest BCUT2D eigenvalue weighted by Crippen LogP contribution is 2.37. The number of ether oxygens (including phenoxy) is 2. The van der Waals surface area contributed by atoms with Crippen molar-refractivity contribution in [2.45, 2.75) is 95.5 Å². The Morgan fingerprint density at radius 3 is 2.60 bits per heavy atom. The molecule has 230 valence electrons. The summed E-state index contributed by atoms with van der Waals surface area (Å²) < 4.78 is 13.7. The molecule has 1 unspecified atom stereocenters. The molecule has 11 nitrogen and oxygen atoms in total. The van der Waals surface area contributed by atoms with Crippen LogP contribution in [0.1, 0.15) is 64.7 Å². The molecule has 43 heavy (non-hydrogen) atoms. The van der Waals surface area contributed by atoms with Gasteiger partial charge in [-0.3, -0.25) is 14.2 Å². The fraction of sp³-hybridized carbons (Fsp3) is 0.594. The molecule has 2 aliphatic carbocycles. The second-order valence-electron chi connectivity index (χ2n) is 12.5. The molecule has 2 aliphatic heterocycles. The van der Waals surface area contributed by atoms with Crippen LogP contribution in [0.25, 0.3) is 10.9 Å². The van der Waals surface area contributed by atoms with Crippen molar-refractivity contribution in [1.82, 2.24) is 19.8 Å². The molecule has 11 heteroatoms. The number of hydrogen-bond acceptors (Lipinski definition) is 7. The smallest absolute Gasteiger partial charge is 0.408 e. The van der Waals surface area contributed by atoms with Crippen molar-refractivity contribution >= 4 is 28.9 Å². The van der Waals surface area contributed by atoms with Gasteiger partial charge in [0, 0.05) is 13.0 Å². The van der Waals surface area contributed by atoms with Crippen molar-refractivity contribution in [3.05, 3.63) is 46.8 Å². The molecule has 2 bridgehead atoms. The number of carbonyl (C=O) groups excluding carboxylic acids is 2. The normalized spacial score (nSPS) is 30.6. The summed E-state index contributed by atoms with van der Waals surface area (Å²) in [4.78, 5) is 59.2. The Morgan fingerprint density at radius 2 is 1.81 bits per heavy atom. The number of nitrogens with one attached hydrogen (secondary N) is 1. The summed E-state index contributed by atoms with van der Waals surface area (Å²) in [6, 6.07) is 5.12. The van der Waals surface area contributed by atoms with Gasteiger partial charge in [0.15, 0.2) is 0 Å². The molecule has 3 heterocycles. The zero-order chi connectivity index (χ0) is 30.1. The van der Waals surface area contributed by atoms with E-state index in [0.29, 0.717) is 16.8 Å². The van der Waals surface area contributed by atoms with Gasteiger partial charge in [0.1, 0.15) is 24.3 Å². The van der Waals surface area contributed by atoms with Crippen molar-refractivity contribution in [2.75, 3.05) is 6.54 Å². The van der Waals surface area contributed by atoms with E-state index in [4.69, 9.17) is 9.47 Å². The monoisotopic (exact) mass is 592 g/mol. The lowest BCUT2D eigenvalue weighted by atomic mass is 9.91. The zero-order valence-corrected chi connectivity index (χ0v) is 24.5. The lowest BCUT2D eigenvalue weighted by molar-refractivity contribution is -0.149. The van der Waals surface area contributed by atoms with E-state index < -0.39 is 36.2 Å². The van der Waals surface area contributed by atoms with Crippen molar-refractivity contribution in [3.8, 4) is 6.01 Å². The summed E-state index contributed by atoms with van der Waals surface area (Å²) in [5, 5.41) is 13.4. The van der Waals surface area contributed by atoms with Crippen LogP contribution < -0.4 is 15.6 Å². The minimum absolute atomic E-state index is 0.00347. The summed E-state index contributed by atoms with van der Waals surface area (Å²) in [6.07, 6.45) is 9.11. The maximum atomic E-state index is 14.1. The van der Waals surface area contributed by atoms with Gasteiger partial charge in [-0.25, -0.2) is 9.59 Å². The molecule has 1 saturated heterocycles. The minimum Gasteiger partial charge on any atom is -0.480 e. The van der Waals surface area contributed by atoms with E-state index in [-0.39, 0.29) is 49.0 Å². The van der Waals surface area contributed by atoms with Crippen LogP contribution in [0.2, 0.25) is 0 Å². The van der Waals surface area contributed by atoms with Crippen LogP contribution in [0.5, 0.6) is 6.01 Å². The summed E-state index contributed by atoms with van der Waals surface area (Å²) in [5.41, 5.74) is 0.234. The number of carboxylic acids is 1. The number of carboxylic acid groups (broad SMARTS) is 1. The fourth-order valence-corrected chi connectivity index (χ4v) is 7.48. The Labute approximate surface area is 250 Å². The highest BCUT2D eigenvalue weighted by Gasteiger charge is 2.46. The first-order valence-corrected chi connectivity index (χ1v) is 15.6. The lowest BCUT2D eigenvalue weighted by Crippen LogP contribution is -2.55. The summed E-state index contributed by atoms with van der Waals surface area (Å²) in [7, 11) is 0. The largest absolute Gasteiger partial charge is 0.480 e. The van der Waals surface area contributed by atoms with Crippen LogP contribution in [0.15, 0.2) is 41.2 Å². The van der Waals surface area contributed by atoms with Crippen LogP contribution in [-0.4, -0.2) is 68.4 Å². The van der Waals surface area contributed by atoms with Crippen LogP contribution >= 0.6 is 0 Å². The number of aliphatic carboxylic acids is 1. The predicted molar refractivity (Wildman–Crippen MR) is 158 cm³/mol. The molecule has 2 saturated carbocycles. The number of aromatic nitrogens is 2. The number of nitrogens with zero attached hydrogens (tertiary/aromatic N) is 3. The van der Waals surface area contributed by atoms with Gasteiger partial charge in [-0.1, -0.05) is 44.1 Å². The zero-order valence-electron chi connectivity index (χ0n) is 24.5. The minimum atomic E-state index is -1.15. The third-order valence-electron chi connectivity index (χ3n) is 9.83. The van der Waals surface area contributed by atoms with Gasteiger partial charge in [-0.05, 0) is 68.4 Å². The first-order chi connectivity index (χ1) is 20.8. The molecule has 1 aromatic carbocycles. The Hall–Kier alpha value is -3.89. The standard InChI is InChI=1S/C32H40N4O7/c1-19-14-15-26-22(19)11-3-2-8-16-35-28(37)23-12-6-7-13-24(23)33-31(35)42-21-17-25(30(39)40)36(18-21)29(38)27(34-32(41)43-26)20-9-4-5-10-20/h2,6-8,12-13,19-22,25-27H,3-5,9-11,14-18H2,1H3,(H,34,41)(H,39,40)/t19?,21-,22+,25+,26-,27+/m1/s1. The van der Waals surface area contributed by atoms with Gasteiger partial charge in [-0.15, -0.1) is 0 Å². The van der Waals surface area contributed by atoms with Gasteiger partial charge in [0.2, 0.25) is 5.91 Å². The third kappa shape index (κ3) is 5.99. The topological polar surface area (TPSA) is 140 Å². The average Bonchev–Trinajstić information content (AvgIpc) is 3.74. The Morgan fingerprint density at radius 1 is 1.02 bits per heavy atom. The van der Waals surface area contributed by atoms with Gasteiger partial charge in [0.25, 0.3) is 11.6 Å². The third-order valence-corrected chi connectivity index (χ3v) is 9.83. The number of fused-ring (bicyclic) bond motifs is 5. The van der Waals surface area contributed by atoms with Crippen molar-refractivity contribution < 1.29 is 29.0 Å². The highest BCUT2D eigenvalue weighted by molar-refractivity contribution is 5.90. The van der Waals surface area contributed by atoms with Crippen LogP contribution in [0.4, 0.5) is 4.79 Å². The molecular weight excluding hydrogens is 552 g/mol. The molecule has 6 atom stereocenters. The molecule has 1 aromatic heterocycles. The molecule has 2 amide bonds. The van der Waals surface area contributed by atoms with Gasteiger partial charge in [0.05, 0.1) is 17.4 Å². The SMILES string of the molecule is CC1CC[C@H]2OC(=O)N[C@@H](C3CCCC3)C(=O)N3C[C@@H](C[C@H]3C(=O)O)Oc3nc4ccccc4c(=O)n3CC=CCC[C@@H]12. The molecular formula is C32H40N4O7. The average molecular weight is 593 g/mol. The Balaban J connectivity index is 1.37. The van der Waals surface area contributed by atoms with E-state index in [1.165, 1.54) is 9.47 Å². The number of para-hydroxylation sites is 1. The van der Waals surface area contributed by atoms with Gasteiger partial charge in [-0.2, -0.15) is 4.98 Å². The van der Waals surface area contributed by atoms with Crippen LogP contribution in [-0.2, 0) is 20.9 Å². The molecule has 2 aromatic rings. The second-order valence-corrected chi connectivity index (χ2v) is 12.5. The lowest BCUT2D eigenvalue weighted by Gasteiger charge is -2.31. The maximum absolute atomic E-state index is 14.1. The molecule has 6 rings (SSSR count). The number of allylic oxidation sites excluding steroid dienone is 2. The van der Waals surface area contributed by atoms with E-state index >= 15 is 0 Å². The first-order valence-electron chi connectivity index (χ1n) is 15.6. The highest BCUT2D eigenvalue weighted by atomic mass is 16.6. The number of carbonyl (C=O) groups is 3. The predicted octanol–water partition coefficient (Wildman–Crippen LogP) is 3.88. The van der Waals surface area contributed by atoms with E-state index in [9.17, 15) is 24.3 Å². The van der Waals surface area contributed by atoms with Crippen LogP contribution in [0.3, 0.4) is 0 Å². The molecule has 3 fully saturated rings. The maximum Gasteiger partial charge on any atom is 0.408 e. The van der Waals surface area contributed by atoms with E-state index in [2.05, 4.69) is 17.2 Å². The van der Waals surface area contributed by atoms with Crippen LogP contribution in [0, 0.1) is 17.8 Å². The molecule has 2 N–H and O–H groups in total.